The summed E-state index contributed by atoms with van der Waals surface area (Å²) in [6.07, 6.45) is 0. The maximum atomic E-state index is 11.4. The van der Waals surface area contributed by atoms with Crippen molar-refractivity contribution in [2.45, 2.75) is 40.7 Å². The molecule has 16 heavy (non-hydrogen) atoms. The Balaban J connectivity index is 2.97. The van der Waals surface area contributed by atoms with Crippen LogP contribution in [0.3, 0.4) is 0 Å². The van der Waals surface area contributed by atoms with Gasteiger partial charge in [0, 0.05) is 20.0 Å². The van der Waals surface area contributed by atoms with Gasteiger partial charge >= 0.3 is 0 Å². The fraction of sp³-hybridized carbons (Fsp3) is 0.667. The van der Waals surface area contributed by atoms with E-state index >= 15 is 0 Å². The summed E-state index contributed by atoms with van der Waals surface area (Å²) in [7, 11) is 2.03. The van der Waals surface area contributed by atoms with Crippen molar-refractivity contribution in [3.8, 4) is 0 Å². The van der Waals surface area contributed by atoms with Crippen molar-refractivity contribution in [3.63, 3.8) is 0 Å². The van der Waals surface area contributed by atoms with Gasteiger partial charge in [-0.2, -0.15) is 0 Å². The molecule has 0 aliphatic rings. The number of aryl methyl sites for hydroxylation is 1. The first-order valence-electron chi connectivity index (χ1n) is 5.55. The highest BCUT2D eigenvalue weighted by Gasteiger charge is 2.19. The summed E-state index contributed by atoms with van der Waals surface area (Å²) < 4.78 is 0. The number of rotatable bonds is 4. The molecule has 0 aliphatic carbocycles. The lowest BCUT2D eigenvalue weighted by molar-refractivity contribution is 0.102. The summed E-state index contributed by atoms with van der Waals surface area (Å²) in [5.41, 5.74) is 0.843. The van der Waals surface area contributed by atoms with E-state index in [0.29, 0.717) is 12.0 Å². The van der Waals surface area contributed by atoms with Crippen molar-refractivity contribution in [2.75, 3.05) is 11.9 Å². The number of aromatic nitrogens is 1. The third kappa shape index (κ3) is 2.61. The molecule has 0 bridgehead atoms. The van der Waals surface area contributed by atoms with Crippen molar-refractivity contribution in [1.29, 1.82) is 0 Å². The quantitative estimate of drug-likeness (QED) is 0.758. The number of ketones is 1. The molecule has 0 N–H and O–H groups in total. The van der Waals surface area contributed by atoms with Gasteiger partial charge in [-0.1, -0.05) is 25.2 Å². The van der Waals surface area contributed by atoms with Gasteiger partial charge in [0.05, 0.1) is 10.6 Å². The zero-order valence-corrected chi connectivity index (χ0v) is 11.7. The Morgan fingerprint density at radius 3 is 2.31 bits per heavy atom. The van der Waals surface area contributed by atoms with Crippen LogP contribution < -0.4 is 4.90 Å². The Morgan fingerprint density at radius 2 is 1.94 bits per heavy atom. The van der Waals surface area contributed by atoms with E-state index in [2.05, 4.69) is 30.7 Å². The molecule has 0 radical (unpaired) electrons. The number of carbonyl (C=O) groups is 1. The van der Waals surface area contributed by atoms with Crippen molar-refractivity contribution >= 4 is 22.3 Å². The third-order valence-electron chi connectivity index (χ3n) is 2.98. The van der Waals surface area contributed by atoms with Crippen molar-refractivity contribution in [3.05, 3.63) is 10.6 Å². The smallest absolute Gasteiger partial charge is 0.186 e. The summed E-state index contributed by atoms with van der Waals surface area (Å²) in [6.45, 7) is 10.0. The predicted molar refractivity (Wildman–Crippen MR) is 69.6 cm³/mol. The predicted octanol–water partition coefficient (Wildman–Crippen LogP) is 3.13. The first kappa shape index (κ1) is 13.2. The Hall–Kier alpha value is -0.900. The molecule has 1 aromatic rings. The van der Waals surface area contributed by atoms with E-state index in [1.54, 1.807) is 6.92 Å². The van der Waals surface area contributed by atoms with Gasteiger partial charge in [0.15, 0.2) is 10.9 Å². The van der Waals surface area contributed by atoms with Crippen LogP contribution in [0.2, 0.25) is 0 Å². The average molecular weight is 240 g/mol. The largest absolute Gasteiger partial charge is 0.348 e. The second-order valence-electron chi connectivity index (χ2n) is 4.56. The maximum Gasteiger partial charge on any atom is 0.186 e. The standard InChI is InChI=1S/C12H20N2OS/c1-7(2)9(4)14(6)12-13-8(3)11(16-12)10(5)15/h7,9H,1-6H3. The molecule has 1 rings (SSSR count). The van der Waals surface area contributed by atoms with Crippen LogP contribution >= 0.6 is 11.3 Å². The lowest BCUT2D eigenvalue weighted by Gasteiger charge is -2.27. The Labute approximate surface area is 101 Å². The molecular weight excluding hydrogens is 220 g/mol. The number of Topliss-reactive ketones (excluding diaryl/α,β-unsaturated/α-hetero) is 1. The molecule has 3 nitrogen and oxygen atoms in total. The van der Waals surface area contributed by atoms with Gasteiger partial charge in [0.2, 0.25) is 0 Å². The first-order chi connectivity index (χ1) is 7.34. The molecular formula is C12H20N2OS. The lowest BCUT2D eigenvalue weighted by atomic mass is 10.1. The molecule has 1 heterocycles. The lowest BCUT2D eigenvalue weighted by Crippen LogP contribution is -2.32. The monoisotopic (exact) mass is 240 g/mol. The SMILES string of the molecule is CC(=O)c1sc(N(C)C(C)C(C)C)nc1C. The van der Waals surface area contributed by atoms with Crippen LogP contribution in [0.4, 0.5) is 5.13 Å². The molecule has 90 valence electrons. The normalized spacial score (nSPS) is 12.9. The summed E-state index contributed by atoms with van der Waals surface area (Å²) in [5.74, 6) is 0.668. The highest BCUT2D eigenvalue weighted by atomic mass is 32.1. The molecule has 0 aromatic carbocycles. The van der Waals surface area contributed by atoms with E-state index in [-0.39, 0.29) is 5.78 Å². The molecule has 1 aromatic heterocycles. The molecule has 4 heteroatoms. The van der Waals surface area contributed by atoms with Crippen molar-refractivity contribution < 1.29 is 4.79 Å². The summed E-state index contributed by atoms with van der Waals surface area (Å²) in [5, 5.41) is 0.934. The number of nitrogens with zero attached hydrogens (tertiary/aromatic N) is 2. The average Bonchev–Trinajstić information content (AvgIpc) is 2.58. The fourth-order valence-corrected chi connectivity index (χ4v) is 2.49. The fourth-order valence-electron chi connectivity index (χ4n) is 1.48. The number of thiazole rings is 1. The minimum absolute atomic E-state index is 0.104. The van der Waals surface area contributed by atoms with Crippen molar-refractivity contribution in [2.24, 2.45) is 5.92 Å². The van der Waals surface area contributed by atoms with Crippen LogP contribution in [0.25, 0.3) is 0 Å². The van der Waals surface area contributed by atoms with Gasteiger partial charge in [-0.3, -0.25) is 4.79 Å². The number of hydrogen-bond acceptors (Lipinski definition) is 4. The number of hydrogen-bond donors (Lipinski definition) is 0. The molecule has 0 amide bonds. The van der Waals surface area contributed by atoms with Gasteiger partial charge < -0.3 is 4.90 Å². The van der Waals surface area contributed by atoms with Gasteiger partial charge in [-0.15, -0.1) is 0 Å². The Morgan fingerprint density at radius 1 is 1.38 bits per heavy atom. The molecule has 1 unspecified atom stereocenters. The Bertz CT molecular complexity index is 384. The second kappa shape index (κ2) is 4.95. The highest BCUT2D eigenvalue weighted by molar-refractivity contribution is 7.17. The van der Waals surface area contributed by atoms with E-state index in [4.69, 9.17) is 0 Å². The molecule has 0 saturated heterocycles. The number of carbonyl (C=O) groups excluding carboxylic acids is 1. The van der Waals surface area contributed by atoms with Crippen LogP contribution in [0, 0.1) is 12.8 Å². The molecule has 0 saturated carbocycles. The zero-order valence-electron chi connectivity index (χ0n) is 10.9. The van der Waals surface area contributed by atoms with Crippen molar-refractivity contribution in [1.82, 2.24) is 4.98 Å². The van der Waals surface area contributed by atoms with Crippen LogP contribution in [0.1, 0.15) is 43.1 Å². The van der Waals surface area contributed by atoms with Crippen LogP contribution in [0.15, 0.2) is 0 Å². The van der Waals surface area contributed by atoms with Gasteiger partial charge in [0.1, 0.15) is 0 Å². The molecule has 0 aliphatic heterocycles. The topological polar surface area (TPSA) is 33.2 Å². The van der Waals surface area contributed by atoms with E-state index in [1.165, 1.54) is 11.3 Å². The third-order valence-corrected chi connectivity index (χ3v) is 4.33. The van der Waals surface area contributed by atoms with Crippen LogP contribution in [0.5, 0.6) is 0 Å². The maximum absolute atomic E-state index is 11.4. The highest BCUT2D eigenvalue weighted by Crippen LogP contribution is 2.28. The van der Waals surface area contributed by atoms with Gasteiger partial charge in [-0.05, 0) is 19.8 Å². The summed E-state index contributed by atoms with van der Waals surface area (Å²) in [4.78, 5) is 18.7. The zero-order chi connectivity index (χ0) is 12.5. The van der Waals surface area contributed by atoms with Gasteiger partial charge in [0.25, 0.3) is 0 Å². The van der Waals surface area contributed by atoms with Crippen LogP contribution in [-0.4, -0.2) is 23.9 Å². The van der Waals surface area contributed by atoms with E-state index in [0.717, 1.165) is 15.7 Å². The molecule has 0 fully saturated rings. The first-order valence-corrected chi connectivity index (χ1v) is 6.37. The second-order valence-corrected chi connectivity index (χ2v) is 5.54. The Kier molecular flexibility index (Phi) is 4.08. The minimum Gasteiger partial charge on any atom is -0.348 e. The minimum atomic E-state index is 0.104. The molecule has 0 spiro atoms. The number of anilines is 1. The summed E-state index contributed by atoms with van der Waals surface area (Å²) in [6, 6.07) is 0.422. The van der Waals surface area contributed by atoms with E-state index < -0.39 is 0 Å². The van der Waals surface area contributed by atoms with Crippen LogP contribution in [-0.2, 0) is 0 Å². The summed E-state index contributed by atoms with van der Waals surface area (Å²) >= 11 is 1.49. The van der Waals surface area contributed by atoms with E-state index in [9.17, 15) is 4.79 Å². The molecule has 1 atom stereocenters. The van der Waals surface area contributed by atoms with Gasteiger partial charge in [-0.25, -0.2) is 4.98 Å². The van der Waals surface area contributed by atoms with E-state index in [1.807, 2.05) is 14.0 Å².